The zero-order chi connectivity index (χ0) is 13.2. The molecule has 0 saturated heterocycles. The molecule has 2 aromatic rings. The first kappa shape index (κ1) is 12.8. The summed E-state index contributed by atoms with van der Waals surface area (Å²) in [5.74, 6) is 0.199. The molecule has 18 heavy (non-hydrogen) atoms. The molecule has 0 unspecified atom stereocenters. The van der Waals surface area contributed by atoms with Gasteiger partial charge in [0.1, 0.15) is 6.54 Å². The molecule has 0 amide bonds. The molecule has 2 heterocycles. The third kappa shape index (κ3) is 2.78. The molecule has 10 heteroatoms. The molecule has 0 radical (unpaired) electrons. The molecule has 0 aromatic carbocycles. The van der Waals surface area contributed by atoms with E-state index in [1.807, 2.05) is 0 Å². The molecule has 2 rings (SSSR count). The van der Waals surface area contributed by atoms with E-state index in [2.05, 4.69) is 20.5 Å². The number of nitrogens with zero attached hydrogens (tertiary/aromatic N) is 6. The molecule has 98 valence electrons. The van der Waals surface area contributed by atoms with Gasteiger partial charge in [0.05, 0.1) is 12.4 Å². The second kappa shape index (κ2) is 4.92. The van der Waals surface area contributed by atoms with Crippen LogP contribution < -0.4 is 4.90 Å². The highest BCUT2D eigenvalue weighted by atomic mass is 35.5. The summed E-state index contributed by atoms with van der Waals surface area (Å²) >= 11 is 5.51. The summed E-state index contributed by atoms with van der Waals surface area (Å²) in [4.78, 5) is 4.83. The smallest absolute Gasteiger partial charge is 0.345 e. The number of tetrazole rings is 1. The Hall–Kier alpha value is -1.64. The van der Waals surface area contributed by atoms with Gasteiger partial charge in [0.25, 0.3) is 0 Å². The summed E-state index contributed by atoms with van der Waals surface area (Å²) in [5.41, 5.74) is 0.272. The lowest BCUT2D eigenvalue weighted by atomic mass is 10.4. The quantitative estimate of drug-likeness (QED) is 0.786. The van der Waals surface area contributed by atoms with E-state index in [-0.39, 0.29) is 23.9 Å². The van der Waals surface area contributed by atoms with Gasteiger partial charge in [0, 0.05) is 12.4 Å². The van der Waals surface area contributed by atoms with Crippen molar-refractivity contribution in [1.29, 1.82) is 0 Å². The average Bonchev–Trinajstić information content (AvgIpc) is 2.74. The van der Waals surface area contributed by atoms with E-state index in [0.717, 1.165) is 4.90 Å². The first-order valence-corrected chi connectivity index (χ1v) is 5.44. The fourth-order valence-electron chi connectivity index (χ4n) is 1.47. The van der Waals surface area contributed by atoms with E-state index in [4.69, 9.17) is 11.6 Å². The first-order chi connectivity index (χ1) is 8.51. The van der Waals surface area contributed by atoms with Crippen LogP contribution >= 0.6 is 11.6 Å². The predicted molar refractivity (Wildman–Crippen MR) is 57.6 cm³/mol. The highest BCUT2D eigenvalue weighted by Crippen LogP contribution is 2.21. The number of fused-ring (bicyclic) bond motifs is 1. The van der Waals surface area contributed by atoms with Crippen molar-refractivity contribution in [3.05, 3.63) is 12.4 Å². The summed E-state index contributed by atoms with van der Waals surface area (Å²) < 4.78 is 38.6. The van der Waals surface area contributed by atoms with Crippen molar-refractivity contribution in [2.45, 2.75) is 6.18 Å². The Balaban J connectivity index is 2.38. The molecule has 0 N–H and O–H groups in total. The van der Waals surface area contributed by atoms with Crippen LogP contribution in [0.1, 0.15) is 0 Å². The Bertz CT molecular complexity index is 527. The largest absolute Gasteiger partial charge is 0.405 e. The number of aromatic nitrogens is 5. The molecule has 6 nitrogen and oxygen atoms in total. The van der Waals surface area contributed by atoms with Gasteiger partial charge in [-0.15, -0.1) is 16.7 Å². The van der Waals surface area contributed by atoms with Crippen molar-refractivity contribution in [2.24, 2.45) is 0 Å². The van der Waals surface area contributed by atoms with Crippen molar-refractivity contribution in [3.63, 3.8) is 0 Å². The predicted octanol–water partition coefficient (Wildman–Crippen LogP) is 1.13. The van der Waals surface area contributed by atoms with E-state index in [0.29, 0.717) is 0 Å². The van der Waals surface area contributed by atoms with E-state index in [1.54, 1.807) is 0 Å². The molecule has 0 aliphatic heterocycles. The van der Waals surface area contributed by atoms with Gasteiger partial charge in [0.2, 0.25) is 0 Å². The number of anilines is 1. The lowest BCUT2D eigenvalue weighted by Gasteiger charge is -2.24. The van der Waals surface area contributed by atoms with Crippen LogP contribution in [-0.4, -0.2) is 50.2 Å². The molecule has 0 atom stereocenters. The molecule has 0 saturated carbocycles. The fraction of sp³-hybridized carbons (Fsp3) is 0.500. The van der Waals surface area contributed by atoms with Gasteiger partial charge >= 0.3 is 6.18 Å². The van der Waals surface area contributed by atoms with Gasteiger partial charge < -0.3 is 4.90 Å². The molecule has 0 aliphatic carbocycles. The second-order valence-electron chi connectivity index (χ2n) is 3.44. The molecular formula is C8H8ClF3N6. The van der Waals surface area contributed by atoms with Crippen molar-refractivity contribution in [1.82, 2.24) is 25.0 Å². The molecule has 0 fully saturated rings. The average molecular weight is 281 g/mol. The van der Waals surface area contributed by atoms with Crippen LogP contribution in [0, 0.1) is 0 Å². The van der Waals surface area contributed by atoms with E-state index >= 15 is 0 Å². The molecule has 2 aromatic heterocycles. The van der Waals surface area contributed by atoms with Gasteiger partial charge in [0.15, 0.2) is 11.5 Å². The molecule has 0 spiro atoms. The summed E-state index contributed by atoms with van der Waals surface area (Å²) in [7, 11) is 0. The lowest BCUT2D eigenvalue weighted by Crippen LogP contribution is -2.37. The molecular weight excluding hydrogens is 273 g/mol. The summed E-state index contributed by atoms with van der Waals surface area (Å²) in [6.45, 7) is -1.12. The van der Waals surface area contributed by atoms with Crippen molar-refractivity contribution < 1.29 is 13.2 Å². The zero-order valence-corrected chi connectivity index (χ0v) is 9.73. The van der Waals surface area contributed by atoms with Crippen LogP contribution in [-0.2, 0) is 0 Å². The maximum atomic E-state index is 12.5. The number of hydrogen-bond acceptors (Lipinski definition) is 5. The highest BCUT2D eigenvalue weighted by molar-refractivity contribution is 6.18. The number of rotatable bonds is 4. The Kier molecular flexibility index (Phi) is 3.50. The van der Waals surface area contributed by atoms with Crippen molar-refractivity contribution in [2.75, 3.05) is 23.9 Å². The van der Waals surface area contributed by atoms with Gasteiger partial charge in [-0.2, -0.15) is 17.7 Å². The van der Waals surface area contributed by atoms with Crippen LogP contribution in [0.3, 0.4) is 0 Å². The monoisotopic (exact) mass is 280 g/mol. The van der Waals surface area contributed by atoms with Gasteiger partial charge in [-0.25, -0.2) is 0 Å². The van der Waals surface area contributed by atoms with E-state index < -0.39 is 12.7 Å². The Morgan fingerprint density at radius 1 is 1.33 bits per heavy atom. The minimum atomic E-state index is -4.35. The lowest BCUT2D eigenvalue weighted by molar-refractivity contribution is -0.119. The van der Waals surface area contributed by atoms with Crippen molar-refractivity contribution in [3.8, 4) is 0 Å². The fourth-order valence-corrected chi connectivity index (χ4v) is 1.68. The van der Waals surface area contributed by atoms with Gasteiger partial charge in [-0.1, -0.05) is 0 Å². The second-order valence-corrected chi connectivity index (χ2v) is 3.82. The van der Waals surface area contributed by atoms with Gasteiger partial charge in [-0.3, -0.25) is 4.98 Å². The Morgan fingerprint density at radius 2 is 2.11 bits per heavy atom. The van der Waals surface area contributed by atoms with Crippen LogP contribution in [0.4, 0.5) is 19.0 Å². The minimum absolute atomic E-state index is 0.0156. The standard InChI is InChI=1S/C8H8ClF3N6/c9-1-2-17(5-8(10,11)12)7-4-13-3-6-14-15-16-18(6)7/h3-4H,1-2,5H2. The summed E-state index contributed by atoms with van der Waals surface area (Å²) in [6.07, 6.45) is -1.72. The summed E-state index contributed by atoms with van der Waals surface area (Å²) in [5, 5.41) is 10.6. The van der Waals surface area contributed by atoms with E-state index in [9.17, 15) is 13.2 Å². The van der Waals surface area contributed by atoms with Crippen LogP contribution in [0.15, 0.2) is 12.4 Å². The number of alkyl halides is 4. The summed E-state index contributed by atoms with van der Waals surface area (Å²) in [6, 6.07) is 0. The maximum Gasteiger partial charge on any atom is 0.405 e. The van der Waals surface area contributed by atoms with E-state index in [1.165, 1.54) is 16.9 Å². The zero-order valence-electron chi connectivity index (χ0n) is 8.97. The van der Waals surface area contributed by atoms with Gasteiger partial charge in [-0.05, 0) is 10.4 Å². The molecule has 0 bridgehead atoms. The topological polar surface area (TPSA) is 59.2 Å². The number of halogens is 4. The Morgan fingerprint density at radius 3 is 2.78 bits per heavy atom. The highest BCUT2D eigenvalue weighted by Gasteiger charge is 2.31. The normalized spacial score (nSPS) is 12.0. The Labute approximate surface area is 104 Å². The first-order valence-electron chi connectivity index (χ1n) is 4.91. The minimum Gasteiger partial charge on any atom is -0.345 e. The number of hydrogen-bond donors (Lipinski definition) is 0. The SMILES string of the molecule is FC(F)(F)CN(CCCl)c1cncc2nnnn12. The van der Waals surface area contributed by atoms with Crippen LogP contribution in [0.5, 0.6) is 0 Å². The van der Waals surface area contributed by atoms with Crippen LogP contribution in [0.25, 0.3) is 5.65 Å². The van der Waals surface area contributed by atoms with Crippen LogP contribution in [0.2, 0.25) is 0 Å². The van der Waals surface area contributed by atoms with Crippen molar-refractivity contribution >= 4 is 23.1 Å². The third-order valence-corrected chi connectivity index (χ3v) is 2.31. The molecule has 0 aliphatic rings. The maximum absolute atomic E-state index is 12.5. The third-order valence-electron chi connectivity index (χ3n) is 2.14.